The number of nitrogens with one attached hydrogen (secondary N) is 1. The van der Waals surface area contributed by atoms with E-state index in [1.807, 2.05) is 43.0 Å². The number of ether oxygens (including phenoxy) is 1. The van der Waals surface area contributed by atoms with Crippen LogP contribution in [-0.4, -0.2) is 46.2 Å². The summed E-state index contributed by atoms with van der Waals surface area (Å²) in [5.41, 5.74) is 6.86. The molecule has 0 radical (unpaired) electrons. The number of nitrogens with two attached hydrogens (primary N) is 1. The van der Waals surface area contributed by atoms with Gasteiger partial charge in [-0.2, -0.15) is 5.10 Å². The summed E-state index contributed by atoms with van der Waals surface area (Å²) in [6.07, 6.45) is 0. The second-order valence-electron chi connectivity index (χ2n) is 4.68. The molecule has 0 aliphatic rings. The van der Waals surface area contributed by atoms with Crippen LogP contribution in [0, 0.1) is 0 Å². The molecule has 126 valence electrons. The maximum atomic E-state index is 5.94. The fourth-order valence-electron chi connectivity index (χ4n) is 2.04. The molecule has 2 aromatic rings. The first-order valence-electron chi connectivity index (χ1n) is 7.28. The van der Waals surface area contributed by atoms with Crippen molar-refractivity contribution in [2.24, 2.45) is 10.7 Å². The third kappa shape index (κ3) is 5.08. The Hall–Kier alpha value is -1.84. The minimum absolute atomic E-state index is 0. The summed E-state index contributed by atoms with van der Waals surface area (Å²) >= 11 is 0. The van der Waals surface area contributed by atoms with E-state index in [2.05, 4.69) is 20.2 Å². The lowest BCUT2D eigenvalue weighted by molar-refractivity contribution is 0.415. The Kier molecular flexibility index (Phi) is 7.79. The number of aromatic amines is 1. The van der Waals surface area contributed by atoms with E-state index in [9.17, 15) is 0 Å². The van der Waals surface area contributed by atoms with Crippen molar-refractivity contribution in [3.63, 3.8) is 0 Å². The van der Waals surface area contributed by atoms with Crippen molar-refractivity contribution in [1.82, 2.24) is 20.1 Å². The molecule has 1 heterocycles. The zero-order valence-corrected chi connectivity index (χ0v) is 15.9. The molecule has 0 spiro atoms. The molecule has 1 aromatic carbocycles. The van der Waals surface area contributed by atoms with E-state index in [1.54, 1.807) is 7.11 Å². The van der Waals surface area contributed by atoms with Gasteiger partial charge in [-0.25, -0.2) is 9.98 Å². The maximum absolute atomic E-state index is 5.94. The van der Waals surface area contributed by atoms with Gasteiger partial charge in [0, 0.05) is 18.7 Å². The van der Waals surface area contributed by atoms with Crippen molar-refractivity contribution in [2.75, 3.05) is 20.2 Å². The van der Waals surface area contributed by atoms with Gasteiger partial charge < -0.3 is 15.4 Å². The van der Waals surface area contributed by atoms with Gasteiger partial charge in [-0.1, -0.05) is 0 Å². The number of rotatable bonds is 6. The van der Waals surface area contributed by atoms with Crippen molar-refractivity contribution in [3.8, 4) is 17.1 Å². The molecule has 8 heteroatoms. The zero-order valence-electron chi connectivity index (χ0n) is 13.6. The molecule has 7 nitrogen and oxygen atoms in total. The number of benzene rings is 1. The van der Waals surface area contributed by atoms with Crippen molar-refractivity contribution in [1.29, 1.82) is 0 Å². The third-order valence-corrected chi connectivity index (χ3v) is 3.36. The van der Waals surface area contributed by atoms with Crippen LogP contribution in [0.1, 0.15) is 19.7 Å². The van der Waals surface area contributed by atoms with Crippen LogP contribution in [0.4, 0.5) is 0 Å². The lowest BCUT2D eigenvalue weighted by Crippen LogP contribution is -2.37. The summed E-state index contributed by atoms with van der Waals surface area (Å²) in [6, 6.07) is 7.59. The lowest BCUT2D eigenvalue weighted by atomic mass is 10.2. The Morgan fingerprint density at radius 1 is 1.26 bits per heavy atom. The molecule has 0 aliphatic heterocycles. The van der Waals surface area contributed by atoms with Gasteiger partial charge in [-0.3, -0.25) is 5.10 Å². The molecule has 1 aromatic heterocycles. The standard InChI is InChI=1S/C15H22N6O.HI/c1-4-21(5-2)15(16)17-10-13-18-14(20-19-13)11-6-8-12(22-3)9-7-11;/h6-9H,4-5,10H2,1-3H3,(H2,16,17)(H,18,19,20);1H. The Labute approximate surface area is 153 Å². The minimum Gasteiger partial charge on any atom is -0.497 e. The lowest BCUT2D eigenvalue weighted by Gasteiger charge is -2.18. The van der Waals surface area contributed by atoms with Gasteiger partial charge in [0.25, 0.3) is 0 Å². The van der Waals surface area contributed by atoms with Crippen LogP contribution in [0.25, 0.3) is 11.4 Å². The Bertz CT molecular complexity index is 621. The molecule has 0 amide bonds. The summed E-state index contributed by atoms with van der Waals surface area (Å²) in [6.45, 7) is 6.13. The van der Waals surface area contributed by atoms with E-state index in [0.717, 1.165) is 24.4 Å². The first-order valence-corrected chi connectivity index (χ1v) is 7.28. The number of halogens is 1. The van der Waals surface area contributed by atoms with Gasteiger partial charge >= 0.3 is 0 Å². The summed E-state index contributed by atoms with van der Waals surface area (Å²) in [4.78, 5) is 10.8. The number of aromatic nitrogens is 3. The number of aliphatic imine (C=N–C) groups is 1. The third-order valence-electron chi connectivity index (χ3n) is 3.36. The smallest absolute Gasteiger partial charge is 0.191 e. The number of H-pyrrole nitrogens is 1. The predicted octanol–water partition coefficient (Wildman–Crippen LogP) is 2.25. The number of hydrogen-bond donors (Lipinski definition) is 2. The van der Waals surface area contributed by atoms with E-state index in [0.29, 0.717) is 24.2 Å². The summed E-state index contributed by atoms with van der Waals surface area (Å²) in [7, 11) is 1.64. The molecular formula is C15H23IN6O. The van der Waals surface area contributed by atoms with Crippen LogP contribution in [0.3, 0.4) is 0 Å². The van der Waals surface area contributed by atoms with Crippen LogP contribution in [0.15, 0.2) is 29.3 Å². The molecule has 0 fully saturated rings. The van der Waals surface area contributed by atoms with E-state index < -0.39 is 0 Å². The minimum atomic E-state index is 0. The van der Waals surface area contributed by atoms with Crippen LogP contribution >= 0.6 is 24.0 Å². The van der Waals surface area contributed by atoms with Crippen molar-refractivity contribution in [3.05, 3.63) is 30.1 Å². The van der Waals surface area contributed by atoms with Crippen LogP contribution in [0.2, 0.25) is 0 Å². The highest BCUT2D eigenvalue weighted by atomic mass is 127. The molecule has 0 saturated carbocycles. The monoisotopic (exact) mass is 430 g/mol. The Morgan fingerprint density at radius 2 is 1.91 bits per heavy atom. The largest absolute Gasteiger partial charge is 0.497 e. The molecule has 0 bridgehead atoms. The fraction of sp³-hybridized carbons (Fsp3) is 0.400. The average molecular weight is 430 g/mol. The zero-order chi connectivity index (χ0) is 15.9. The van der Waals surface area contributed by atoms with Crippen LogP contribution in [0.5, 0.6) is 5.75 Å². The maximum Gasteiger partial charge on any atom is 0.191 e. The van der Waals surface area contributed by atoms with Crippen molar-refractivity contribution in [2.45, 2.75) is 20.4 Å². The van der Waals surface area contributed by atoms with Crippen molar-refractivity contribution >= 4 is 29.9 Å². The number of guanidine groups is 1. The SMILES string of the molecule is CCN(CC)C(N)=NCc1nc(-c2ccc(OC)cc2)n[nH]1.I. The second kappa shape index (κ2) is 9.33. The molecule has 0 unspecified atom stereocenters. The fourth-order valence-corrected chi connectivity index (χ4v) is 2.04. The van der Waals surface area contributed by atoms with Gasteiger partial charge in [0.05, 0.1) is 7.11 Å². The topological polar surface area (TPSA) is 92.4 Å². The van der Waals surface area contributed by atoms with Gasteiger partial charge in [0.1, 0.15) is 18.1 Å². The van der Waals surface area contributed by atoms with Crippen LogP contribution in [-0.2, 0) is 6.54 Å². The second-order valence-corrected chi connectivity index (χ2v) is 4.68. The molecule has 3 N–H and O–H groups in total. The Balaban J connectivity index is 0.00000264. The molecule has 2 rings (SSSR count). The van der Waals surface area contributed by atoms with E-state index in [4.69, 9.17) is 10.5 Å². The van der Waals surface area contributed by atoms with E-state index in [1.165, 1.54) is 0 Å². The first-order chi connectivity index (χ1) is 10.7. The molecule has 0 aliphatic carbocycles. The van der Waals surface area contributed by atoms with Gasteiger partial charge in [0.15, 0.2) is 11.8 Å². The highest BCUT2D eigenvalue weighted by Gasteiger charge is 2.07. The van der Waals surface area contributed by atoms with Crippen molar-refractivity contribution < 1.29 is 4.74 Å². The normalized spacial score (nSPS) is 11.0. The van der Waals surface area contributed by atoms with Crippen LogP contribution < -0.4 is 10.5 Å². The summed E-state index contributed by atoms with van der Waals surface area (Å²) < 4.78 is 5.13. The van der Waals surface area contributed by atoms with Gasteiger partial charge in [-0.05, 0) is 38.1 Å². The quantitative estimate of drug-likeness (QED) is 0.417. The van der Waals surface area contributed by atoms with Gasteiger partial charge in [0.2, 0.25) is 0 Å². The number of nitrogens with zero attached hydrogens (tertiary/aromatic N) is 4. The predicted molar refractivity (Wildman–Crippen MR) is 102 cm³/mol. The molecular weight excluding hydrogens is 407 g/mol. The molecule has 0 saturated heterocycles. The number of hydrogen-bond acceptors (Lipinski definition) is 4. The number of methoxy groups -OCH3 is 1. The highest BCUT2D eigenvalue weighted by Crippen LogP contribution is 2.18. The highest BCUT2D eigenvalue weighted by molar-refractivity contribution is 14.0. The van der Waals surface area contributed by atoms with E-state index in [-0.39, 0.29) is 24.0 Å². The average Bonchev–Trinajstić information content (AvgIpc) is 3.03. The Morgan fingerprint density at radius 3 is 2.48 bits per heavy atom. The molecule has 23 heavy (non-hydrogen) atoms. The summed E-state index contributed by atoms with van der Waals surface area (Å²) in [5.74, 6) is 2.64. The van der Waals surface area contributed by atoms with Gasteiger partial charge in [-0.15, -0.1) is 24.0 Å². The van der Waals surface area contributed by atoms with E-state index >= 15 is 0 Å². The summed E-state index contributed by atoms with van der Waals surface area (Å²) in [5, 5.41) is 7.09. The molecule has 0 atom stereocenters. The first kappa shape index (κ1) is 19.2.